The molecule has 0 aliphatic carbocycles. The summed E-state index contributed by atoms with van der Waals surface area (Å²) >= 11 is 0. The number of rotatable bonds is 4. The number of benzene rings is 1. The highest BCUT2D eigenvalue weighted by Gasteiger charge is 2.14. The maximum absolute atomic E-state index is 9.36. The second-order valence-corrected chi connectivity index (χ2v) is 3.01. The van der Waals surface area contributed by atoms with Crippen molar-refractivity contribution >= 4 is 0 Å². The molecule has 0 aromatic heterocycles. The first-order valence-corrected chi connectivity index (χ1v) is 4.25. The molecule has 1 aromatic rings. The van der Waals surface area contributed by atoms with Gasteiger partial charge in [0.1, 0.15) is 6.10 Å². The molecule has 0 fully saturated rings. The molecule has 0 heterocycles. The fourth-order valence-electron chi connectivity index (χ4n) is 1.11. The van der Waals surface area contributed by atoms with E-state index in [0.29, 0.717) is 6.42 Å². The smallest absolute Gasteiger partial charge is 0.103 e. The van der Waals surface area contributed by atoms with Crippen LogP contribution < -0.4 is 0 Å². The Labute approximate surface area is 77.3 Å². The monoisotopic (exact) mass is 182 g/mol. The van der Waals surface area contributed by atoms with Gasteiger partial charge in [0, 0.05) is 6.42 Å². The summed E-state index contributed by atoms with van der Waals surface area (Å²) in [6, 6.07) is 9.36. The lowest BCUT2D eigenvalue weighted by Gasteiger charge is -2.15. The molecular weight excluding hydrogens is 168 g/mol. The van der Waals surface area contributed by atoms with Crippen LogP contribution in [0.3, 0.4) is 0 Å². The molecule has 0 spiro atoms. The van der Waals surface area contributed by atoms with Crippen molar-refractivity contribution in [3.63, 3.8) is 0 Å². The third-order valence-electron chi connectivity index (χ3n) is 1.92. The van der Waals surface area contributed by atoms with Gasteiger partial charge in [0.05, 0.1) is 12.7 Å². The fourth-order valence-corrected chi connectivity index (χ4v) is 1.11. The van der Waals surface area contributed by atoms with Crippen molar-refractivity contribution in [2.45, 2.75) is 18.6 Å². The van der Waals surface area contributed by atoms with E-state index in [0.717, 1.165) is 5.56 Å². The van der Waals surface area contributed by atoms with Crippen LogP contribution in [0.4, 0.5) is 0 Å². The summed E-state index contributed by atoms with van der Waals surface area (Å²) in [5, 5.41) is 27.0. The molecule has 3 N–H and O–H groups in total. The molecule has 0 aliphatic rings. The average Bonchev–Trinajstić information content (AvgIpc) is 2.18. The van der Waals surface area contributed by atoms with Gasteiger partial charge < -0.3 is 15.3 Å². The second-order valence-electron chi connectivity index (χ2n) is 3.01. The van der Waals surface area contributed by atoms with Crippen molar-refractivity contribution in [1.29, 1.82) is 0 Å². The van der Waals surface area contributed by atoms with E-state index >= 15 is 0 Å². The van der Waals surface area contributed by atoms with E-state index in [9.17, 15) is 5.11 Å². The third-order valence-corrected chi connectivity index (χ3v) is 1.92. The highest BCUT2D eigenvalue weighted by atomic mass is 16.4. The van der Waals surface area contributed by atoms with E-state index in [-0.39, 0.29) is 0 Å². The van der Waals surface area contributed by atoms with E-state index < -0.39 is 18.8 Å². The first-order valence-electron chi connectivity index (χ1n) is 4.25. The lowest BCUT2D eigenvalue weighted by molar-refractivity contribution is -0.0132. The number of aliphatic hydroxyl groups excluding tert-OH is 3. The summed E-state index contributed by atoms with van der Waals surface area (Å²) in [5.41, 5.74) is 0.947. The molecule has 13 heavy (non-hydrogen) atoms. The van der Waals surface area contributed by atoms with Crippen LogP contribution in [-0.2, 0) is 6.42 Å². The molecule has 0 radical (unpaired) electrons. The van der Waals surface area contributed by atoms with E-state index in [1.54, 1.807) is 0 Å². The second kappa shape index (κ2) is 4.97. The Balaban J connectivity index is 2.50. The van der Waals surface area contributed by atoms with Crippen molar-refractivity contribution in [2.24, 2.45) is 0 Å². The molecule has 0 amide bonds. The highest BCUT2D eigenvalue weighted by Crippen LogP contribution is 2.05. The van der Waals surface area contributed by atoms with Crippen molar-refractivity contribution in [1.82, 2.24) is 0 Å². The molecule has 1 rings (SSSR count). The predicted octanol–water partition coefficient (Wildman–Crippen LogP) is -0.0568. The van der Waals surface area contributed by atoms with E-state index in [1.807, 2.05) is 30.3 Å². The summed E-state index contributed by atoms with van der Waals surface area (Å²) in [6.45, 7) is -0.409. The summed E-state index contributed by atoms with van der Waals surface area (Å²) in [7, 11) is 0. The van der Waals surface area contributed by atoms with Crippen LogP contribution >= 0.6 is 0 Å². The number of aliphatic hydroxyl groups is 3. The van der Waals surface area contributed by atoms with Crippen LogP contribution in [0.15, 0.2) is 30.3 Å². The number of hydrogen-bond donors (Lipinski definition) is 3. The van der Waals surface area contributed by atoms with Gasteiger partial charge in [-0.05, 0) is 5.56 Å². The first-order chi connectivity index (χ1) is 6.24. The Hall–Kier alpha value is -0.900. The standard InChI is InChI=1S/C10H14O3/c11-7-10(13)9(12)6-8-4-2-1-3-5-8/h1-5,9-13H,6-7H2/t9-,10?/m1/s1. The summed E-state index contributed by atoms with van der Waals surface area (Å²) in [6.07, 6.45) is -1.59. The number of hydrogen-bond acceptors (Lipinski definition) is 3. The summed E-state index contributed by atoms with van der Waals surface area (Å²) in [4.78, 5) is 0. The molecule has 1 aromatic carbocycles. The molecule has 0 saturated carbocycles. The van der Waals surface area contributed by atoms with Gasteiger partial charge in [-0.15, -0.1) is 0 Å². The molecule has 72 valence electrons. The molecule has 3 heteroatoms. The van der Waals surface area contributed by atoms with Gasteiger partial charge in [-0.2, -0.15) is 0 Å². The third kappa shape index (κ3) is 3.14. The zero-order valence-electron chi connectivity index (χ0n) is 7.30. The molecule has 2 atom stereocenters. The maximum atomic E-state index is 9.36. The molecule has 3 nitrogen and oxygen atoms in total. The SMILES string of the molecule is OCC(O)[C@H](O)Cc1ccccc1. The topological polar surface area (TPSA) is 60.7 Å². The van der Waals surface area contributed by atoms with Crippen LogP contribution in [0.2, 0.25) is 0 Å². The lowest BCUT2D eigenvalue weighted by Crippen LogP contribution is -2.30. The Kier molecular flexibility index (Phi) is 3.89. The van der Waals surface area contributed by atoms with Crippen LogP contribution in [0.25, 0.3) is 0 Å². The van der Waals surface area contributed by atoms with Gasteiger partial charge in [-0.3, -0.25) is 0 Å². The van der Waals surface area contributed by atoms with Gasteiger partial charge in [-0.25, -0.2) is 0 Å². The largest absolute Gasteiger partial charge is 0.394 e. The Morgan fingerprint density at radius 1 is 1.00 bits per heavy atom. The molecule has 1 unspecified atom stereocenters. The van der Waals surface area contributed by atoms with Crippen molar-refractivity contribution in [3.05, 3.63) is 35.9 Å². The minimum absolute atomic E-state index is 0.364. The van der Waals surface area contributed by atoms with Crippen LogP contribution in [0.1, 0.15) is 5.56 Å². The first kappa shape index (κ1) is 10.2. The van der Waals surface area contributed by atoms with Crippen molar-refractivity contribution < 1.29 is 15.3 Å². The van der Waals surface area contributed by atoms with Crippen LogP contribution in [0.5, 0.6) is 0 Å². The van der Waals surface area contributed by atoms with Crippen LogP contribution in [-0.4, -0.2) is 34.1 Å². The zero-order chi connectivity index (χ0) is 9.68. The predicted molar refractivity (Wildman–Crippen MR) is 49.2 cm³/mol. The minimum Gasteiger partial charge on any atom is -0.394 e. The zero-order valence-corrected chi connectivity index (χ0v) is 7.30. The summed E-state index contributed by atoms with van der Waals surface area (Å²) in [5.74, 6) is 0. The molecule has 0 saturated heterocycles. The lowest BCUT2D eigenvalue weighted by atomic mass is 10.0. The molecule has 0 bridgehead atoms. The average molecular weight is 182 g/mol. The normalized spacial score (nSPS) is 15.3. The van der Waals surface area contributed by atoms with Gasteiger partial charge in [0.2, 0.25) is 0 Å². The quantitative estimate of drug-likeness (QED) is 0.611. The fraction of sp³-hybridized carbons (Fsp3) is 0.400. The van der Waals surface area contributed by atoms with Gasteiger partial charge in [-0.1, -0.05) is 30.3 Å². The van der Waals surface area contributed by atoms with E-state index in [4.69, 9.17) is 10.2 Å². The Morgan fingerprint density at radius 3 is 2.15 bits per heavy atom. The van der Waals surface area contributed by atoms with Crippen LogP contribution in [0, 0.1) is 0 Å². The van der Waals surface area contributed by atoms with E-state index in [2.05, 4.69) is 0 Å². The van der Waals surface area contributed by atoms with Gasteiger partial charge >= 0.3 is 0 Å². The highest BCUT2D eigenvalue weighted by molar-refractivity contribution is 5.15. The van der Waals surface area contributed by atoms with Crippen molar-refractivity contribution in [2.75, 3.05) is 6.61 Å². The molecular formula is C10H14O3. The van der Waals surface area contributed by atoms with Gasteiger partial charge in [0.15, 0.2) is 0 Å². The maximum Gasteiger partial charge on any atom is 0.103 e. The Bertz CT molecular complexity index is 235. The van der Waals surface area contributed by atoms with E-state index in [1.165, 1.54) is 0 Å². The minimum atomic E-state index is -1.06. The Morgan fingerprint density at radius 2 is 1.62 bits per heavy atom. The molecule has 0 aliphatic heterocycles. The van der Waals surface area contributed by atoms with Gasteiger partial charge in [0.25, 0.3) is 0 Å². The van der Waals surface area contributed by atoms with Crippen molar-refractivity contribution in [3.8, 4) is 0 Å². The summed E-state index contributed by atoms with van der Waals surface area (Å²) < 4.78 is 0.